The van der Waals surface area contributed by atoms with E-state index in [0.717, 1.165) is 5.52 Å². The number of benzene rings is 1. The first kappa shape index (κ1) is 20.4. The Morgan fingerprint density at radius 3 is 2.86 bits per heavy atom. The molecule has 0 saturated carbocycles. The Labute approximate surface area is 171 Å². The van der Waals surface area contributed by atoms with Gasteiger partial charge in [0, 0.05) is 25.5 Å². The second kappa shape index (κ2) is 8.34. The lowest BCUT2D eigenvalue weighted by Gasteiger charge is -2.11. The largest absolute Gasteiger partial charge is 0.468 e. The molecule has 2 heterocycles. The number of methoxy groups -OCH3 is 1. The van der Waals surface area contributed by atoms with Gasteiger partial charge in [-0.1, -0.05) is 11.6 Å². The number of carbonyl (C=O) groups excluding carboxylic acids is 1. The molecule has 0 aliphatic carbocycles. The Balaban J connectivity index is 1.97. The van der Waals surface area contributed by atoms with Crippen LogP contribution in [0, 0.1) is 11.3 Å². The first-order valence-corrected chi connectivity index (χ1v) is 9.09. The normalized spacial score (nSPS) is 11.8. The summed E-state index contributed by atoms with van der Waals surface area (Å²) in [5.41, 5.74) is 8.35. The van der Waals surface area contributed by atoms with Crippen molar-refractivity contribution < 1.29 is 9.53 Å². The highest BCUT2D eigenvalue weighted by Crippen LogP contribution is 2.26. The first-order valence-electron chi connectivity index (χ1n) is 8.71. The van der Waals surface area contributed by atoms with Gasteiger partial charge >= 0.3 is 11.7 Å². The van der Waals surface area contributed by atoms with Crippen molar-refractivity contribution in [3.05, 3.63) is 51.7 Å². The highest BCUT2D eigenvalue weighted by molar-refractivity contribution is 6.31. The summed E-state index contributed by atoms with van der Waals surface area (Å²) in [6.45, 7) is 0.250. The van der Waals surface area contributed by atoms with E-state index in [-0.39, 0.29) is 29.4 Å². The predicted molar refractivity (Wildman–Crippen MR) is 109 cm³/mol. The number of aromatic nitrogens is 3. The second-order valence-corrected chi connectivity index (χ2v) is 6.73. The number of anilines is 2. The highest BCUT2D eigenvalue weighted by atomic mass is 35.5. The van der Waals surface area contributed by atoms with E-state index < -0.39 is 12.0 Å². The summed E-state index contributed by atoms with van der Waals surface area (Å²) < 4.78 is 7.70. The van der Waals surface area contributed by atoms with Crippen LogP contribution in [0.25, 0.3) is 11.0 Å². The first-order chi connectivity index (χ1) is 13.9. The fourth-order valence-corrected chi connectivity index (χ4v) is 3.24. The molecule has 0 spiro atoms. The van der Waals surface area contributed by atoms with Crippen LogP contribution in [0.4, 0.5) is 11.4 Å². The van der Waals surface area contributed by atoms with Crippen LogP contribution >= 0.6 is 11.6 Å². The quantitative estimate of drug-likeness (QED) is 0.465. The molecule has 1 atom stereocenters. The number of nitrogens with two attached hydrogens (primary N) is 1. The molecule has 0 radical (unpaired) electrons. The molecular weight excluding hydrogens is 396 g/mol. The smallest absolute Gasteiger partial charge is 0.328 e. The van der Waals surface area contributed by atoms with Crippen LogP contribution in [0.3, 0.4) is 0 Å². The Hall–Kier alpha value is -3.35. The van der Waals surface area contributed by atoms with Gasteiger partial charge in [-0.2, -0.15) is 5.26 Å². The van der Waals surface area contributed by atoms with Crippen LogP contribution < -0.4 is 16.7 Å². The van der Waals surface area contributed by atoms with Gasteiger partial charge in [0.05, 0.1) is 23.8 Å². The SMILES string of the molecule is COC(=O)[C@@H](N)CCn1c(=O)n(C)c2ccc(Nc3ccnc(Cl)c3C#N)cc21. The third-order valence-corrected chi connectivity index (χ3v) is 4.90. The fraction of sp³-hybridized carbons (Fsp3) is 0.263. The van der Waals surface area contributed by atoms with Gasteiger partial charge in [0.2, 0.25) is 0 Å². The minimum atomic E-state index is -0.819. The number of rotatable bonds is 6. The minimum absolute atomic E-state index is 0.104. The maximum Gasteiger partial charge on any atom is 0.328 e. The molecule has 10 heteroatoms. The van der Waals surface area contributed by atoms with E-state index in [4.69, 9.17) is 17.3 Å². The van der Waals surface area contributed by atoms with Crippen LogP contribution in [0.15, 0.2) is 35.3 Å². The van der Waals surface area contributed by atoms with Gasteiger partial charge in [-0.05, 0) is 30.7 Å². The van der Waals surface area contributed by atoms with Crippen molar-refractivity contribution in [2.24, 2.45) is 12.8 Å². The second-order valence-electron chi connectivity index (χ2n) is 6.38. The van der Waals surface area contributed by atoms with Gasteiger partial charge in [-0.3, -0.25) is 13.9 Å². The third-order valence-electron chi connectivity index (χ3n) is 4.61. The maximum absolute atomic E-state index is 12.6. The summed E-state index contributed by atoms with van der Waals surface area (Å²) >= 11 is 5.98. The number of nitrogens with zero attached hydrogens (tertiary/aromatic N) is 4. The number of nitrogens with one attached hydrogen (secondary N) is 1. The van der Waals surface area contributed by atoms with Crippen molar-refractivity contribution in [3.63, 3.8) is 0 Å². The molecule has 1 aromatic carbocycles. The van der Waals surface area contributed by atoms with E-state index in [0.29, 0.717) is 16.9 Å². The van der Waals surface area contributed by atoms with E-state index in [1.165, 1.54) is 17.9 Å². The predicted octanol–water partition coefficient (Wildman–Crippen LogP) is 1.89. The number of hydrogen-bond acceptors (Lipinski definition) is 7. The lowest BCUT2D eigenvalue weighted by Crippen LogP contribution is -2.34. The molecule has 9 nitrogen and oxygen atoms in total. The molecule has 3 N–H and O–H groups in total. The molecule has 150 valence electrons. The number of esters is 1. The Bertz CT molecular complexity index is 1180. The zero-order chi connectivity index (χ0) is 21.1. The molecule has 29 heavy (non-hydrogen) atoms. The van der Waals surface area contributed by atoms with Crippen molar-refractivity contribution in [2.75, 3.05) is 12.4 Å². The number of fused-ring (bicyclic) bond motifs is 1. The molecule has 0 aliphatic rings. The van der Waals surface area contributed by atoms with Gasteiger partial charge in [0.25, 0.3) is 0 Å². The maximum atomic E-state index is 12.6. The number of hydrogen-bond donors (Lipinski definition) is 2. The molecule has 3 rings (SSSR count). The van der Waals surface area contributed by atoms with Gasteiger partial charge in [0.15, 0.2) is 0 Å². The van der Waals surface area contributed by atoms with Crippen LogP contribution in [-0.4, -0.2) is 33.2 Å². The Morgan fingerprint density at radius 2 is 2.17 bits per heavy atom. The number of pyridine rings is 1. The highest BCUT2D eigenvalue weighted by Gasteiger charge is 2.17. The van der Waals surface area contributed by atoms with Crippen molar-refractivity contribution in [1.82, 2.24) is 14.1 Å². The summed E-state index contributed by atoms with van der Waals surface area (Å²) in [6.07, 6.45) is 1.75. The van der Waals surface area contributed by atoms with E-state index in [9.17, 15) is 14.9 Å². The molecule has 3 aromatic rings. The van der Waals surface area contributed by atoms with Crippen molar-refractivity contribution in [2.45, 2.75) is 19.0 Å². The van der Waals surface area contributed by atoms with Crippen LogP contribution in [0.2, 0.25) is 5.15 Å². The monoisotopic (exact) mass is 414 g/mol. The number of nitriles is 1. The molecule has 0 fully saturated rings. The lowest BCUT2D eigenvalue weighted by molar-refractivity contribution is -0.142. The zero-order valence-electron chi connectivity index (χ0n) is 15.8. The average molecular weight is 415 g/mol. The number of halogens is 1. The van der Waals surface area contributed by atoms with Crippen molar-refractivity contribution in [1.29, 1.82) is 5.26 Å². The fourth-order valence-electron chi connectivity index (χ4n) is 3.04. The van der Waals surface area contributed by atoms with Gasteiger partial charge in [-0.15, -0.1) is 0 Å². The van der Waals surface area contributed by atoms with Crippen LogP contribution in [0.5, 0.6) is 0 Å². The number of aryl methyl sites for hydroxylation is 2. The number of carbonyl (C=O) groups is 1. The van der Waals surface area contributed by atoms with E-state index in [2.05, 4.69) is 15.0 Å². The van der Waals surface area contributed by atoms with E-state index in [1.54, 1.807) is 35.9 Å². The van der Waals surface area contributed by atoms with Gasteiger partial charge in [-0.25, -0.2) is 9.78 Å². The van der Waals surface area contributed by atoms with E-state index in [1.807, 2.05) is 6.07 Å². The zero-order valence-corrected chi connectivity index (χ0v) is 16.6. The standard InChI is InChI=1S/C19H19ClN6O3/c1-25-15-4-3-11(24-14-5-7-23-17(20)12(14)10-21)9-16(15)26(19(25)28)8-6-13(22)18(27)29-2/h3-5,7,9,13H,6,8,22H2,1-2H3,(H,23,24)/t13-/m0/s1. The molecule has 0 unspecified atom stereocenters. The Morgan fingerprint density at radius 1 is 1.41 bits per heavy atom. The third kappa shape index (κ3) is 3.94. The topological polar surface area (TPSA) is 128 Å². The van der Waals surface area contributed by atoms with E-state index >= 15 is 0 Å². The Kier molecular flexibility index (Phi) is 5.87. The molecule has 0 aliphatic heterocycles. The summed E-state index contributed by atoms with van der Waals surface area (Å²) in [7, 11) is 2.94. The van der Waals surface area contributed by atoms with Gasteiger partial charge in [0.1, 0.15) is 22.8 Å². The molecule has 0 saturated heterocycles. The summed E-state index contributed by atoms with van der Waals surface area (Å²) in [5.74, 6) is -0.528. The molecular formula is C19H19ClN6O3. The number of imidazole rings is 1. The summed E-state index contributed by atoms with van der Waals surface area (Å²) in [5, 5.41) is 12.5. The molecule has 0 amide bonds. The summed E-state index contributed by atoms with van der Waals surface area (Å²) in [6, 6.07) is 8.22. The van der Waals surface area contributed by atoms with Crippen molar-refractivity contribution >= 4 is 40.0 Å². The summed E-state index contributed by atoms with van der Waals surface area (Å²) in [4.78, 5) is 28.1. The molecule has 2 aromatic heterocycles. The number of ether oxygens (including phenoxy) is 1. The van der Waals surface area contributed by atoms with Crippen LogP contribution in [0.1, 0.15) is 12.0 Å². The van der Waals surface area contributed by atoms with Gasteiger partial charge < -0.3 is 15.8 Å². The average Bonchev–Trinajstić information content (AvgIpc) is 2.95. The molecule has 0 bridgehead atoms. The minimum Gasteiger partial charge on any atom is -0.468 e. The lowest BCUT2D eigenvalue weighted by atomic mass is 10.2. The van der Waals surface area contributed by atoms with Crippen molar-refractivity contribution in [3.8, 4) is 6.07 Å². The van der Waals surface area contributed by atoms with Crippen LogP contribution in [-0.2, 0) is 23.1 Å².